The number of benzene rings is 2. The molecule has 1 fully saturated rings. The minimum atomic E-state index is -1.07. The molecule has 8 nitrogen and oxygen atoms in total. The van der Waals surface area contributed by atoms with Gasteiger partial charge in [0.25, 0.3) is 0 Å². The molecular formula is C32H33NO7. The van der Waals surface area contributed by atoms with Crippen molar-refractivity contribution in [3.05, 3.63) is 68.9 Å². The number of hydrogen-bond acceptors (Lipinski definition) is 8. The number of rotatable bonds is 5. The van der Waals surface area contributed by atoms with Crippen LogP contribution in [0.5, 0.6) is 17.2 Å². The fourth-order valence-electron chi connectivity index (χ4n) is 6.02. The van der Waals surface area contributed by atoms with E-state index in [9.17, 15) is 14.7 Å². The van der Waals surface area contributed by atoms with Crippen molar-refractivity contribution in [1.29, 1.82) is 0 Å². The standard InChI is InChI=1S/C32H33NO7/c1-5-38-31(35)27-14-21(18-7-9-24(34)20(13-18)17-6-8-23-19(12-17)10-11-33-23)29-26(39-27)16-25-22(30(29)37-4)15-28(40-25)32(2,3)36/h6,8,10,12,14,16,20,28,36H,5,7,9,11,13,15H2,1-4H3/b21-18-/t20-,28-/m0/s1. The molecule has 4 aliphatic rings. The molecule has 3 heterocycles. The molecule has 208 valence electrons. The molecule has 0 radical (unpaired) electrons. The smallest absolute Gasteiger partial charge is 0.374 e. The third-order valence-electron chi connectivity index (χ3n) is 8.12. The lowest BCUT2D eigenvalue weighted by Crippen LogP contribution is -2.39. The number of carbonyl (C=O) groups excluding carboxylic acids is 2. The second kappa shape index (κ2) is 9.93. The number of carbonyl (C=O) groups is 2. The van der Waals surface area contributed by atoms with E-state index in [1.165, 1.54) is 0 Å². The zero-order chi connectivity index (χ0) is 28.2. The number of nitrogens with zero attached hydrogens (tertiary/aromatic N) is 1. The number of fused-ring (bicyclic) bond motifs is 3. The van der Waals surface area contributed by atoms with Crippen LogP contribution in [0.3, 0.4) is 0 Å². The van der Waals surface area contributed by atoms with Gasteiger partial charge in [-0.3, -0.25) is 9.79 Å². The second-order valence-corrected chi connectivity index (χ2v) is 11.2. The number of hydrogen-bond donors (Lipinski definition) is 1. The highest BCUT2D eigenvalue weighted by molar-refractivity contribution is 5.98. The van der Waals surface area contributed by atoms with Crippen LogP contribution in [0.2, 0.25) is 0 Å². The first kappa shape index (κ1) is 26.3. The van der Waals surface area contributed by atoms with Gasteiger partial charge in [-0.25, -0.2) is 4.79 Å². The predicted octanol–water partition coefficient (Wildman–Crippen LogP) is 3.31. The Morgan fingerprint density at radius 1 is 1.18 bits per heavy atom. The van der Waals surface area contributed by atoms with Crippen LogP contribution in [0.1, 0.15) is 62.6 Å². The van der Waals surface area contributed by atoms with E-state index < -0.39 is 17.7 Å². The van der Waals surface area contributed by atoms with Crippen LogP contribution in [-0.2, 0) is 20.7 Å². The Morgan fingerprint density at radius 2 is 2.00 bits per heavy atom. The molecule has 0 bridgehead atoms. The van der Waals surface area contributed by atoms with Gasteiger partial charge < -0.3 is 24.1 Å². The van der Waals surface area contributed by atoms with Gasteiger partial charge in [0.2, 0.25) is 5.76 Å². The van der Waals surface area contributed by atoms with Crippen molar-refractivity contribution in [3.63, 3.8) is 0 Å². The number of ether oxygens (including phenoxy) is 4. The van der Waals surface area contributed by atoms with Gasteiger partial charge in [-0.2, -0.15) is 0 Å². The summed E-state index contributed by atoms with van der Waals surface area (Å²) < 4.78 is 23.4. The maximum Gasteiger partial charge on any atom is 0.374 e. The molecule has 8 heteroatoms. The van der Waals surface area contributed by atoms with Crippen LogP contribution >= 0.6 is 0 Å². The number of methoxy groups -OCH3 is 1. The van der Waals surface area contributed by atoms with E-state index >= 15 is 0 Å². The van der Waals surface area contributed by atoms with Crippen molar-refractivity contribution in [3.8, 4) is 17.2 Å². The van der Waals surface area contributed by atoms with E-state index in [4.69, 9.17) is 18.9 Å². The van der Waals surface area contributed by atoms with Crippen molar-refractivity contribution in [2.45, 2.75) is 64.1 Å². The minimum absolute atomic E-state index is 0.0677. The summed E-state index contributed by atoms with van der Waals surface area (Å²) in [4.78, 5) is 30.5. The zero-order valence-electron chi connectivity index (χ0n) is 23.2. The second-order valence-electron chi connectivity index (χ2n) is 11.2. The Bertz CT molecular complexity index is 1610. The number of esters is 1. The normalized spacial score (nSPS) is 23.0. The van der Waals surface area contributed by atoms with Gasteiger partial charge in [0, 0.05) is 30.4 Å². The highest BCUT2D eigenvalue weighted by Gasteiger charge is 2.40. The van der Waals surface area contributed by atoms with Gasteiger partial charge in [-0.05, 0) is 68.2 Å². The third kappa shape index (κ3) is 4.50. The molecule has 2 aromatic rings. The molecule has 0 unspecified atom stereocenters. The Hall–Kier alpha value is -3.91. The van der Waals surface area contributed by atoms with E-state index in [0.717, 1.165) is 38.4 Å². The summed E-state index contributed by atoms with van der Waals surface area (Å²) >= 11 is 0. The molecule has 2 aromatic carbocycles. The van der Waals surface area contributed by atoms with Crippen LogP contribution in [0.15, 0.2) is 46.7 Å². The van der Waals surface area contributed by atoms with E-state index in [-0.39, 0.29) is 24.1 Å². The van der Waals surface area contributed by atoms with Crippen LogP contribution < -0.4 is 24.8 Å². The zero-order valence-corrected chi connectivity index (χ0v) is 23.2. The first-order valence-electron chi connectivity index (χ1n) is 13.8. The lowest BCUT2D eigenvalue weighted by atomic mass is 9.77. The van der Waals surface area contributed by atoms with Gasteiger partial charge in [-0.15, -0.1) is 0 Å². The van der Waals surface area contributed by atoms with Gasteiger partial charge in [-0.1, -0.05) is 17.7 Å². The average molecular weight is 544 g/mol. The molecule has 0 spiro atoms. The first-order chi connectivity index (χ1) is 19.2. The molecule has 2 atom stereocenters. The summed E-state index contributed by atoms with van der Waals surface area (Å²) in [5.74, 6) is 0.951. The van der Waals surface area contributed by atoms with Crippen LogP contribution in [-0.4, -0.2) is 48.8 Å². The van der Waals surface area contributed by atoms with E-state index in [1.807, 2.05) is 12.1 Å². The lowest BCUT2D eigenvalue weighted by Gasteiger charge is -2.29. The number of allylic oxidation sites excluding steroid dienone is 3. The summed E-state index contributed by atoms with van der Waals surface area (Å²) in [5, 5.41) is 12.7. The molecule has 3 aliphatic heterocycles. The Kier molecular flexibility index (Phi) is 6.53. The van der Waals surface area contributed by atoms with Crippen molar-refractivity contribution in [1.82, 2.24) is 0 Å². The topological polar surface area (TPSA) is 104 Å². The van der Waals surface area contributed by atoms with Crippen molar-refractivity contribution >= 4 is 23.4 Å². The van der Waals surface area contributed by atoms with Crippen LogP contribution in [0.4, 0.5) is 0 Å². The average Bonchev–Trinajstić information content (AvgIpc) is 3.58. The largest absolute Gasteiger partial charge is 0.496 e. The molecule has 0 saturated heterocycles. The fraction of sp³-hybridized carbons (Fsp3) is 0.406. The molecule has 1 N–H and O–H groups in total. The van der Waals surface area contributed by atoms with Crippen LogP contribution in [0.25, 0.3) is 11.6 Å². The summed E-state index contributed by atoms with van der Waals surface area (Å²) in [6.45, 7) is 6.04. The molecule has 1 aliphatic carbocycles. The molecule has 0 aromatic heterocycles. The van der Waals surface area contributed by atoms with E-state index in [0.29, 0.717) is 49.5 Å². The minimum Gasteiger partial charge on any atom is -0.496 e. The summed E-state index contributed by atoms with van der Waals surface area (Å²) in [5.41, 5.74) is 3.30. The van der Waals surface area contributed by atoms with Gasteiger partial charge in [0.1, 0.15) is 29.1 Å². The maximum atomic E-state index is 13.2. The van der Waals surface area contributed by atoms with Gasteiger partial charge >= 0.3 is 5.97 Å². The molecule has 6 rings (SSSR count). The highest BCUT2D eigenvalue weighted by atomic mass is 16.6. The Labute approximate surface area is 232 Å². The van der Waals surface area contributed by atoms with Crippen molar-refractivity contribution < 1.29 is 33.6 Å². The van der Waals surface area contributed by atoms with Crippen molar-refractivity contribution in [2.24, 2.45) is 4.99 Å². The van der Waals surface area contributed by atoms with Gasteiger partial charge in [0.05, 0.1) is 36.8 Å². The predicted molar refractivity (Wildman–Crippen MR) is 148 cm³/mol. The van der Waals surface area contributed by atoms with Crippen molar-refractivity contribution in [2.75, 3.05) is 20.3 Å². The Morgan fingerprint density at radius 3 is 2.75 bits per heavy atom. The first-order valence-corrected chi connectivity index (χ1v) is 13.8. The summed E-state index contributed by atoms with van der Waals surface area (Å²) in [7, 11) is 1.60. The molecule has 40 heavy (non-hydrogen) atoms. The van der Waals surface area contributed by atoms with Crippen LogP contribution in [0, 0.1) is 0 Å². The summed E-state index contributed by atoms with van der Waals surface area (Å²) in [6, 6.07) is 7.81. The highest BCUT2D eigenvalue weighted by Crippen LogP contribution is 2.52. The lowest BCUT2D eigenvalue weighted by molar-refractivity contribution is -0.141. The third-order valence-corrected chi connectivity index (χ3v) is 8.12. The monoisotopic (exact) mass is 543 g/mol. The van der Waals surface area contributed by atoms with Gasteiger partial charge in [0.15, 0.2) is 0 Å². The fourth-order valence-corrected chi connectivity index (χ4v) is 6.02. The molecule has 1 saturated carbocycles. The molecular weight excluding hydrogens is 510 g/mol. The SMILES string of the molecule is CCOC(=O)C1=C/C(=C2\CCC(=O)[C@H](c3ccc4c(c3)=CCN=4)C2)c2c(cc3c(c2OC)C[C@@H](C(C)(C)O)O3)O1. The summed E-state index contributed by atoms with van der Waals surface area (Å²) in [6.07, 6.45) is 5.26. The molecule has 0 amide bonds. The quantitative estimate of drug-likeness (QED) is 0.577. The number of aliphatic hydroxyl groups is 1. The van der Waals surface area contributed by atoms with E-state index in [2.05, 4.69) is 17.1 Å². The Balaban J connectivity index is 1.49. The van der Waals surface area contributed by atoms with E-state index in [1.54, 1.807) is 40.0 Å². The number of Topliss-reactive ketones (excluding diaryl/α,β-unsaturated/α-hetero) is 1. The number of ketones is 1. The maximum absolute atomic E-state index is 13.2.